The van der Waals surface area contributed by atoms with Gasteiger partial charge in [-0.25, -0.2) is 17.9 Å². The number of nitrogens with one attached hydrogen (secondary N) is 2. The fraction of sp³-hybridized carbons (Fsp3) is 0.455. The number of benzene rings is 2. The fourth-order valence-corrected chi connectivity index (χ4v) is 9.39. The molecule has 17 heteroatoms. The van der Waals surface area contributed by atoms with Gasteiger partial charge in [0.15, 0.2) is 0 Å². The number of fused-ring (bicyclic) bond motifs is 7. The number of piperazine rings is 1. The zero-order valence-electron chi connectivity index (χ0n) is 34.5. The number of hydrogen-bond donors (Lipinski definition) is 2. The lowest BCUT2D eigenvalue weighted by molar-refractivity contribution is -0.134. The van der Waals surface area contributed by atoms with Crippen molar-refractivity contribution in [3.05, 3.63) is 77.1 Å². The molecule has 0 aliphatic carbocycles. The van der Waals surface area contributed by atoms with E-state index in [1.807, 2.05) is 20.0 Å². The molecule has 3 fully saturated rings. The van der Waals surface area contributed by atoms with E-state index in [0.717, 1.165) is 47.6 Å². The minimum atomic E-state index is -1.25. The summed E-state index contributed by atoms with van der Waals surface area (Å²) in [6.07, 6.45) is 2.67. The second-order valence-electron chi connectivity index (χ2n) is 16.8. The Bertz CT molecular complexity index is 2390. The maximum absolute atomic E-state index is 16.0. The molecular formula is C44H49F3N10O4. The van der Waals surface area contributed by atoms with Crippen molar-refractivity contribution in [1.82, 2.24) is 25.0 Å². The predicted molar refractivity (Wildman–Crippen MR) is 225 cm³/mol. The summed E-state index contributed by atoms with van der Waals surface area (Å²) in [6.45, 7) is 8.20. The van der Waals surface area contributed by atoms with Crippen LogP contribution in [0.25, 0.3) is 11.3 Å². The molecule has 320 valence electrons. The van der Waals surface area contributed by atoms with Gasteiger partial charge in [-0.05, 0) is 81.0 Å². The number of amides is 3. The summed E-state index contributed by atoms with van der Waals surface area (Å²) in [5.41, 5.74) is 5.07. The lowest BCUT2D eigenvalue weighted by Gasteiger charge is -2.45. The van der Waals surface area contributed by atoms with Crippen LogP contribution >= 0.6 is 0 Å². The van der Waals surface area contributed by atoms with Gasteiger partial charge in [-0.15, -0.1) is 0 Å². The molecule has 4 aromatic rings. The lowest BCUT2D eigenvalue weighted by atomic mass is 9.89. The second kappa shape index (κ2) is 16.5. The Hall–Kier alpha value is -5.97. The molecular weight excluding hydrogens is 790 g/mol. The van der Waals surface area contributed by atoms with Crippen LogP contribution in [0.15, 0.2) is 53.7 Å². The smallest absolute Gasteiger partial charge is 0.280 e. The van der Waals surface area contributed by atoms with Gasteiger partial charge in [0.1, 0.15) is 17.8 Å². The number of pyridine rings is 1. The molecule has 7 heterocycles. The zero-order valence-corrected chi connectivity index (χ0v) is 34.5. The van der Waals surface area contributed by atoms with Gasteiger partial charge in [0.2, 0.25) is 23.7 Å². The molecule has 5 aliphatic heterocycles. The van der Waals surface area contributed by atoms with Crippen LogP contribution in [-0.2, 0) is 16.6 Å². The lowest BCUT2D eigenvalue weighted by Crippen LogP contribution is -2.58. The Balaban J connectivity index is 0.871. The van der Waals surface area contributed by atoms with Crippen molar-refractivity contribution < 1.29 is 32.3 Å². The molecule has 14 nitrogen and oxygen atoms in total. The molecule has 0 spiro atoms. The largest absolute Gasteiger partial charge is 0.477 e. The number of hydrogen-bond acceptors (Lipinski definition) is 11. The Morgan fingerprint density at radius 3 is 2.41 bits per heavy atom. The standard InChI is InChI=1S/C44H49F3N10O4/c1-25-5-4-16-61-43-31(22-48-53(43)3)36-18-27(17-26(2)49-36)41(59)52-44-50-35-8-6-28(21-38(35)57(44)23-25)54-12-14-55(15-13-54)37-10-11-56(24-34(37)47)29-19-32(45)40(33(46)20-29)30-7-9-39(58)51-42(30)60/h6,8,17-22,25,30,34,37H,4-5,7,9-16,23-24H2,1-3H3,(H,50,52,59)(H,51,58,60)/t25-,30-,34-,37+/m1/s1. The Morgan fingerprint density at radius 1 is 0.869 bits per heavy atom. The van der Waals surface area contributed by atoms with Crippen molar-refractivity contribution in [1.29, 1.82) is 0 Å². The van der Waals surface area contributed by atoms with Crippen LogP contribution in [0.3, 0.4) is 0 Å². The number of halogens is 3. The van der Waals surface area contributed by atoms with Crippen molar-refractivity contribution in [3.8, 4) is 17.1 Å². The van der Waals surface area contributed by atoms with E-state index in [9.17, 15) is 14.4 Å². The molecule has 0 radical (unpaired) electrons. The van der Waals surface area contributed by atoms with Gasteiger partial charge < -0.3 is 24.8 Å². The number of carbonyl (C=O) groups excluding carboxylic acids is 3. The summed E-state index contributed by atoms with van der Waals surface area (Å²) in [7, 11) is 1.83. The fourth-order valence-electron chi connectivity index (χ4n) is 9.39. The summed E-state index contributed by atoms with van der Waals surface area (Å²) < 4.78 is 54.5. The molecule has 2 bridgehead atoms. The van der Waals surface area contributed by atoms with Crippen molar-refractivity contribution in [3.63, 3.8) is 0 Å². The molecule has 2 aromatic heterocycles. The van der Waals surface area contributed by atoms with Gasteiger partial charge >= 0.3 is 0 Å². The number of alkyl halides is 1. The minimum absolute atomic E-state index is 0.00510. The van der Waals surface area contributed by atoms with Crippen LogP contribution in [-0.4, -0.2) is 108 Å². The number of aryl methyl sites for hydroxylation is 2. The molecule has 4 atom stereocenters. The van der Waals surface area contributed by atoms with Crippen LogP contribution in [0.4, 0.5) is 35.9 Å². The third-order valence-corrected chi connectivity index (χ3v) is 12.6. The normalized spacial score (nSPS) is 24.7. The highest BCUT2D eigenvalue weighted by atomic mass is 19.1. The van der Waals surface area contributed by atoms with Gasteiger partial charge in [0.25, 0.3) is 5.91 Å². The predicted octanol–water partition coefficient (Wildman–Crippen LogP) is 5.56. The number of carbonyl (C=O) groups is 3. The Kier molecular flexibility index (Phi) is 10.9. The molecule has 3 amide bonds. The van der Waals surface area contributed by atoms with Gasteiger partial charge in [-0.2, -0.15) is 10.1 Å². The van der Waals surface area contributed by atoms with Crippen LogP contribution in [0, 0.1) is 24.5 Å². The number of aliphatic imine (C=N–C) groups is 1. The quantitative estimate of drug-likeness (QED) is 0.250. The third kappa shape index (κ3) is 8.02. The summed E-state index contributed by atoms with van der Waals surface area (Å²) >= 11 is 0. The molecule has 0 saturated carbocycles. The number of anilines is 4. The van der Waals surface area contributed by atoms with E-state index in [-0.39, 0.29) is 42.6 Å². The molecule has 61 heavy (non-hydrogen) atoms. The molecule has 5 aliphatic rings. The van der Waals surface area contributed by atoms with Crippen molar-refractivity contribution in [2.45, 2.75) is 64.1 Å². The number of piperidine rings is 2. The monoisotopic (exact) mass is 838 g/mol. The number of guanidine groups is 1. The van der Waals surface area contributed by atoms with Crippen LogP contribution < -0.4 is 30.1 Å². The molecule has 3 saturated heterocycles. The van der Waals surface area contributed by atoms with Gasteiger partial charge in [0, 0.05) is 87.0 Å². The average Bonchev–Trinajstić information content (AvgIpc) is 3.77. The molecule has 2 N–H and O–H groups in total. The first-order valence-electron chi connectivity index (χ1n) is 21.1. The van der Waals surface area contributed by atoms with Gasteiger partial charge in [-0.3, -0.25) is 29.6 Å². The Labute approximate surface area is 351 Å². The van der Waals surface area contributed by atoms with E-state index < -0.39 is 41.4 Å². The Morgan fingerprint density at radius 2 is 1.66 bits per heavy atom. The maximum atomic E-state index is 16.0. The average molecular weight is 839 g/mol. The first kappa shape index (κ1) is 40.4. The van der Waals surface area contributed by atoms with E-state index in [1.165, 1.54) is 0 Å². The number of rotatable bonds is 4. The zero-order chi connectivity index (χ0) is 42.5. The van der Waals surface area contributed by atoms with Gasteiger partial charge in [-0.1, -0.05) is 6.92 Å². The minimum Gasteiger partial charge on any atom is -0.477 e. The second-order valence-corrected chi connectivity index (χ2v) is 16.8. The van der Waals surface area contributed by atoms with E-state index in [2.05, 4.69) is 54.5 Å². The highest BCUT2D eigenvalue weighted by Gasteiger charge is 2.38. The summed E-state index contributed by atoms with van der Waals surface area (Å²) in [6, 6.07) is 11.7. The van der Waals surface area contributed by atoms with Crippen molar-refractivity contribution in [2.75, 3.05) is 72.4 Å². The molecule has 9 rings (SSSR count). The highest BCUT2D eigenvalue weighted by molar-refractivity contribution is 6.19. The summed E-state index contributed by atoms with van der Waals surface area (Å²) in [5, 5.41) is 9.95. The maximum Gasteiger partial charge on any atom is 0.280 e. The number of aromatic nitrogens is 3. The third-order valence-electron chi connectivity index (χ3n) is 12.6. The van der Waals surface area contributed by atoms with Crippen molar-refractivity contribution in [2.24, 2.45) is 18.0 Å². The first-order chi connectivity index (χ1) is 29.4. The topological polar surface area (TPSA) is 141 Å². The highest BCUT2D eigenvalue weighted by Crippen LogP contribution is 2.39. The number of imide groups is 1. The molecule has 0 unspecified atom stereocenters. The van der Waals surface area contributed by atoms with Crippen molar-refractivity contribution >= 4 is 46.4 Å². The van der Waals surface area contributed by atoms with E-state index in [4.69, 9.17) is 9.72 Å². The first-order valence-corrected chi connectivity index (χ1v) is 21.1. The van der Waals surface area contributed by atoms with Crippen LogP contribution in [0.1, 0.15) is 66.6 Å². The molecule has 2 aromatic carbocycles. The SMILES string of the molecule is Cc1cc2cc(n1)-c1cnn(C)c1OCCC[C@@H](C)CN1/C(=N/C2=O)Nc2ccc(N3CCN([C@H]4CCN(c5cc(F)c([C@H]6CCC(=O)NC6=O)c(F)c5)C[C@H]4F)CC3)cc21. The van der Waals surface area contributed by atoms with E-state index in [0.29, 0.717) is 81.1 Å². The van der Waals surface area contributed by atoms with Crippen LogP contribution in [0.5, 0.6) is 5.88 Å². The van der Waals surface area contributed by atoms with E-state index >= 15 is 13.2 Å². The van der Waals surface area contributed by atoms with E-state index in [1.54, 1.807) is 27.9 Å². The number of nitrogens with zero attached hydrogens (tertiary/aromatic N) is 8. The number of ether oxygens (including phenoxy) is 1. The van der Waals surface area contributed by atoms with Gasteiger partial charge in [0.05, 0.1) is 47.9 Å². The summed E-state index contributed by atoms with van der Waals surface area (Å²) in [5.74, 6) is -3.11. The summed E-state index contributed by atoms with van der Waals surface area (Å²) in [4.78, 5) is 55.3. The van der Waals surface area contributed by atoms with Crippen LogP contribution in [0.2, 0.25) is 0 Å².